The summed E-state index contributed by atoms with van der Waals surface area (Å²) in [5.41, 5.74) is -0.211. The summed E-state index contributed by atoms with van der Waals surface area (Å²) in [6, 6.07) is 8.90. The van der Waals surface area contributed by atoms with Gasteiger partial charge in [-0.15, -0.1) is 0 Å². The number of nitrogens with zero attached hydrogens (tertiary/aromatic N) is 2. The lowest BCUT2D eigenvalue weighted by molar-refractivity contribution is -0.137. The van der Waals surface area contributed by atoms with Crippen LogP contribution in [0.15, 0.2) is 47.0 Å². The summed E-state index contributed by atoms with van der Waals surface area (Å²) in [5, 5.41) is 3.69. The highest BCUT2D eigenvalue weighted by Gasteiger charge is 2.30. The maximum Gasteiger partial charge on any atom is 0.416 e. The van der Waals surface area contributed by atoms with Gasteiger partial charge in [-0.25, -0.2) is 4.79 Å². The van der Waals surface area contributed by atoms with Crippen LogP contribution < -0.4 is 9.47 Å². The van der Waals surface area contributed by atoms with Gasteiger partial charge in [-0.2, -0.15) is 18.2 Å². The lowest BCUT2D eigenvalue weighted by Crippen LogP contribution is -2.06. The van der Waals surface area contributed by atoms with Gasteiger partial charge in [0.25, 0.3) is 5.89 Å². The first kappa shape index (κ1) is 21.2. The van der Waals surface area contributed by atoms with Crippen molar-refractivity contribution in [3.8, 4) is 22.9 Å². The summed E-state index contributed by atoms with van der Waals surface area (Å²) >= 11 is 0. The molecule has 7 nitrogen and oxygen atoms in total. The molecule has 0 unspecified atom stereocenters. The van der Waals surface area contributed by atoms with Crippen LogP contribution in [-0.2, 0) is 17.5 Å². The van der Waals surface area contributed by atoms with E-state index in [-0.39, 0.29) is 23.9 Å². The third-order valence-corrected chi connectivity index (χ3v) is 3.96. The van der Waals surface area contributed by atoms with Crippen molar-refractivity contribution in [2.75, 3.05) is 13.7 Å². The molecule has 0 radical (unpaired) electrons. The van der Waals surface area contributed by atoms with E-state index < -0.39 is 17.7 Å². The molecule has 0 bridgehead atoms. The van der Waals surface area contributed by atoms with Gasteiger partial charge in [-0.3, -0.25) is 0 Å². The highest BCUT2D eigenvalue weighted by Crippen LogP contribution is 2.31. The van der Waals surface area contributed by atoms with Crippen LogP contribution >= 0.6 is 0 Å². The zero-order valence-electron chi connectivity index (χ0n) is 16.0. The molecule has 0 N–H and O–H groups in total. The van der Waals surface area contributed by atoms with Gasteiger partial charge in [-0.05, 0) is 37.3 Å². The molecule has 0 spiro atoms. The van der Waals surface area contributed by atoms with Crippen LogP contribution in [0.3, 0.4) is 0 Å². The minimum Gasteiger partial charge on any atom is -0.493 e. The molecule has 30 heavy (non-hydrogen) atoms. The topological polar surface area (TPSA) is 83.7 Å². The molecule has 1 aromatic heterocycles. The second-order valence-electron chi connectivity index (χ2n) is 5.96. The molecule has 2 aromatic carbocycles. The van der Waals surface area contributed by atoms with E-state index >= 15 is 0 Å². The van der Waals surface area contributed by atoms with E-state index in [2.05, 4.69) is 10.1 Å². The summed E-state index contributed by atoms with van der Waals surface area (Å²) in [5.74, 6) is 0.311. The first-order valence-corrected chi connectivity index (χ1v) is 8.80. The van der Waals surface area contributed by atoms with Gasteiger partial charge >= 0.3 is 12.1 Å². The van der Waals surface area contributed by atoms with Crippen molar-refractivity contribution in [1.82, 2.24) is 10.1 Å². The van der Waals surface area contributed by atoms with Gasteiger partial charge in [0, 0.05) is 5.56 Å². The van der Waals surface area contributed by atoms with Gasteiger partial charge < -0.3 is 18.7 Å². The van der Waals surface area contributed by atoms with Crippen molar-refractivity contribution < 1.29 is 36.7 Å². The molecule has 0 saturated carbocycles. The Bertz CT molecular complexity index is 1020. The minimum atomic E-state index is -4.43. The van der Waals surface area contributed by atoms with Gasteiger partial charge in [-0.1, -0.05) is 17.3 Å². The predicted molar refractivity (Wildman–Crippen MR) is 98.0 cm³/mol. The number of carbonyl (C=O) groups is 1. The third kappa shape index (κ3) is 4.88. The molecule has 158 valence electrons. The number of halogens is 3. The zero-order chi connectivity index (χ0) is 21.7. The molecule has 0 amide bonds. The fourth-order valence-electron chi connectivity index (χ4n) is 2.52. The third-order valence-electron chi connectivity index (χ3n) is 3.96. The second kappa shape index (κ2) is 8.85. The van der Waals surface area contributed by atoms with E-state index in [0.717, 1.165) is 12.1 Å². The molecule has 0 aliphatic rings. The number of ether oxygens (including phenoxy) is 3. The van der Waals surface area contributed by atoms with E-state index in [1.54, 1.807) is 13.0 Å². The number of alkyl halides is 3. The van der Waals surface area contributed by atoms with Crippen LogP contribution in [0.2, 0.25) is 0 Å². The molecule has 0 saturated heterocycles. The van der Waals surface area contributed by atoms with E-state index in [1.165, 1.54) is 31.4 Å². The van der Waals surface area contributed by atoms with Crippen molar-refractivity contribution in [2.45, 2.75) is 19.7 Å². The number of carbonyl (C=O) groups excluding carboxylic acids is 1. The quantitative estimate of drug-likeness (QED) is 0.518. The van der Waals surface area contributed by atoms with Crippen molar-refractivity contribution in [1.29, 1.82) is 0 Å². The monoisotopic (exact) mass is 422 g/mol. The summed E-state index contributed by atoms with van der Waals surface area (Å²) in [7, 11) is 1.49. The van der Waals surface area contributed by atoms with Crippen molar-refractivity contribution in [2.24, 2.45) is 0 Å². The number of hydrogen-bond donors (Lipinski definition) is 0. The fraction of sp³-hybridized carbons (Fsp3) is 0.250. The zero-order valence-corrected chi connectivity index (χ0v) is 16.0. The lowest BCUT2D eigenvalue weighted by atomic mass is 10.1. The number of hydrogen-bond acceptors (Lipinski definition) is 7. The van der Waals surface area contributed by atoms with Crippen molar-refractivity contribution >= 4 is 5.97 Å². The maximum absolute atomic E-state index is 12.6. The lowest BCUT2D eigenvalue weighted by Gasteiger charge is -2.10. The van der Waals surface area contributed by atoms with Gasteiger partial charge in [0.15, 0.2) is 18.1 Å². The second-order valence-corrected chi connectivity index (χ2v) is 5.96. The smallest absolute Gasteiger partial charge is 0.416 e. The largest absolute Gasteiger partial charge is 0.493 e. The average molecular weight is 422 g/mol. The Morgan fingerprint density at radius 3 is 2.47 bits per heavy atom. The molecule has 0 aliphatic carbocycles. The summed E-state index contributed by atoms with van der Waals surface area (Å²) in [4.78, 5) is 16.3. The normalized spacial score (nSPS) is 11.2. The van der Waals surface area contributed by atoms with Gasteiger partial charge in [0.1, 0.15) is 0 Å². The van der Waals surface area contributed by atoms with Crippen LogP contribution in [0.1, 0.15) is 28.7 Å². The molecular weight excluding hydrogens is 405 g/mol. The standard InChI is InChI=1S/C20H17F3N2O5/c1-3-28-16-10-13(6-9-15(16)27-2)19(26)29-11-17-24-18(25-30-17)12-4-7-14(8-5-12)20(21,22)23/h4-10H,3,11H2,1-2H3. The Morgan fingerprint density at radius 2 is 1.83 bits per heavy atom. The summed E-state index contributed by atoms with van der Waals surface area (Å²) in [6.07, 6.45) is -4.43. The van der Waals surface area contributed by atoms with Gasteiger partial charge in [0.2, 0.25) is 5.82 Å². The van der Waals surface area contributed by atoms with Crippen LogP contribution in [0.5, 0.6) is 11.5 Å². The molecule has 1 heterocycles. The Kier molecular flexibility index (Phi) is 6.24. The number of benzene rings is 2. The van der Waals surface area contributed by atoms with E-state index in [4.69, 9.17) is 18.7 Å². The Hall–Kier alpha value is -3.56. The number of esters is 1. The van der Waals surface area contributed by atoms with E-state index in [1.807, 2.05) is 0 Å². The first-order chi connectivity index (χ1) is 14.3. The summed E-state index contributed by atoms with van der Waals surface area (Å²) < 4.78 is 58.6. The molecule has 0 fully saturated rings. The van der Waals surface area contributed by atoms with Crippen molar-refractivity contribution in [3.63, 3.8) is 0 Å². The fourth-order valence-corrected chi connectivity index (χ4v) is 2.52. The average Bonchev–Trinajstić information content (AvgIpc) is 3.21. The molecule has 3 aromatic rings. The molecule has 3 rings (SSSR count). The van der Waals surface area contributed by atoms with E-state index in [9.17, 15) is 18.0 Å². The molecule has 10 heteroatoms. The molecular formula is C20H17F3N2O5. The number of rotatable bonds is 7. The minimum absolute atomic E-state index is 0.00297. The van der Waals surface area contributed by atoms with E-state index in [0.29, 0.717) is 23.7 Å². The number of aromatic nitrogens is 2. The predicted octanol–water partition coefficient (Wildman–Crippen LogP) is 4.52. The van der Waals surface area contributed by atoms with Gasteiger partial charge in [0.05, 0.1) is 24.8 Å². The SMILES string of the molecule is CCOc1cc(C(=O)OCc2nc(-c3ccc(C(F)(F)F)cc3)no2)ccc1OC. The Morgan fingerprint density at radius 1 is 1.10 bits per heavy atom. The Labute approximate surface area is 169 Å². The number of methoxy groups -OCH3 is 1. The molecule has 0 aliphatic heterocycles. The Balaban J connectivity index is 1.65. The molecule has 0 atom stereocenters. The van der Waals surface area contributed by atoms with Crippen LogP contribution in [0.4, 0.5) is 13.2 Å². The highest BCUT2D eigenvalue weighted by molar-refractivity contribution is 5.90. The van der Waals surface area contributed by atoms with Crippen LogP contribution in [-0.4, -0.2) is 29.8 Å². The highest BCUT2D eigenvalue weighted by atomic mass is 19.4. The first-order valence-electron chi connectivity index (χ1n) is 8.80. The van der Waals surface area contributed by atoms with Crippen LogP contribution in [0, 0.1) is 0 Å². The van der Waals surface area contributed by atoms with Crippen LogP contribution in [0.25, 0.3) is 11.4 Å². The summed E-state index contributed by atoms with van der Waals surface area (Å²) in [6.45, 7) is 1.89. The maximum atomic E-state index is 12.6. The van der Waals surface area contributed by atoms with Crippen molar-refractivity contribution in [3.05, 3.63) is 59.5 Å².